The maximum atomic E-state index is 11.0. The Hall–Kier alpha value is -0.570. The van der Waals surface area contributed by atoms with E-state index in [1.54, 1.807) is 7.11 Å². The lowest BCUT2D eigenvalue weighted by atomic mass is 10.00. The Morgan fingerprint density at radius 2 is 2.60 bits per heavy atom. The van der Waals surface area contributed by atoms with Crippen LogP contribution in [0.1, 0.15) is 12.8 Å². The van der Waals surface area contributed by atoms with Gasteiger partial charge < -0.3 is 10.1 Å². The van der Waals surface area contributed by atoms with Crippen LogP contribution in [0.25, 0.3) is 0 Å². The summed E-state index contributed by atoms with van der Waals surface area (Å²) in [7, 11) is 1.63. The third-order valence-corrected chi connectivity index (χ3v) is 1.77. The van der Waals surface area contributed by atoms with Gasteiger partial charge >= 0.3 is 0 Å². The van der Waals surface area contributed by atoms with Crippen molar-refractivity contribution < 1.29 is 9.53 Å². The van der Waals surface area contributed by atoms with Crippen LogP contribution in [0.3, 0.4) is 0 Å². The highest BCUT2D eigenvalue weighted by atomic mass is 16.5. The van der Waals surface area contributed by atoms with E-state index in [1.165, 1.54) is 0 Å². The van der Waals surface area contributed by atoms with Gasteiger partial charge in [-0.05, 0) is 12.8 Å². The van der Waals surface area contributed by atoms with Crippen molar-refractivity contribution >= 4 is 5.91 Å². The van der Waals surface area contributed by atoms with E-state index in [2.05, 4.69) is 5.32 Å². The highest BCUT2D eigenvalue weighted by molar-refractivity contribution is 5.79. The first-order chi connectivity index (χ1) is 4.84. The van der Waals surface area contributed by atoms with Gasteiger partial charge in [0.1, 0.15) is 0 Å². The normalized spacial score (nSPS) is 26.1. The van der Waals surface area contributed by atoms with E-state index >= 15 is 0 Å². The zero-order chi connectivity index (χ0) is 7.40. The molecule has 0 spiro atoms. The Bertz CT molecular complexity index is 123. The molecule has 0 saturated carbocycles. The van der Waals surface area contributed by atoms with Crippen LogP contribution in [0, 0.1) is 5.92 Å². The van der Waals surface area contributed by atoms with Crippen LogP contribution in [0.15, 0.2) is 0 Å². The monoisotopic (exact) mass is 143 g/mol. The predicted molar refractivity (Wildman–Crippen MR) is 37.6 cm³/mol. The Kier molecular flexibility index (Phi) is 2.68. The molecule has 0 aromatic carbocycles. The summed E-state index contributed by atoms with van der Waals surface area (Å²) >= 11 is 0. The molecule has 1 amide bonds. The van der Waals surface area contributed by atoms with E-state index in [-0.39, 0.29) is 11.8 Å². The number of piperidine rings is 1. The SMILES string of the molecule is COCC1CCCNC1=O. The van der Waals surface area contributed by atoms with Gasteiger partial charge in [-0.15, -0.1) is 0 Å². The minimum Gasteiger partial charge on any atom is -0.384 e. The van der Waals surface area contributed by atoms with Crippen LogP contribution < -0.4 is 5.32 Å². The standard InChI is InChI=1S/C7H13NO2/c1-10-5-6-3-2-4-8-7(6)9/h6H,2-5H2,1H3,(H,8,9). The van der Waals surface area contributed by atoms with Crippen molar-refractivity contribution in [3.8, 4) is 0 Å². The lowest BCUT2D eigenvalue weighted by Gasteiger charge is -2.20. The quantitative estimate of drug-likeness (QED) is 0.598. The van der Waals surface area contributed by atoms with Crippen molar-refractivity contribution in [3.63, 3.8) is 0 Å². The van der Waals surface area contributed by atoms with Crippen molar-refractivity contribution in [3.05, 3.63) is 0 Å². The molecule has 1 unspecified atom stereocenters. The van der Waals surface area contributed by atoms with Crippen molar-refractivity contribution in [2.24, 2.45) is 5.92 Å². The van der Waals surface area contributed by atoms with Gasteiger partial charge in [0.05, 0.1) is 12.5 Å². The molecule has 3 heteroatoms. The topological polar surface area (TPSA) is 38.3 Å². The summed E-state index contributed by atoms with van der Waals surface area (Å²) in [6.45, 7) is 1.39. The molecule has 3 nitrogen and oxygen atoms in total. The molecule has 0 radical (unpaired) electrons. The molecule has 1 heterocycles. The lowest BCUT2D eigenvalue weighted by Crippen LogP contribution is -2.38. The molecule has 10 heavy (non-hydrogen) atoms. The number of ether oxygens (including phenoxy) is 1. The van der Waals surface area contributed by atoms with Gasteiger partial charge in [-0.2, -0.15) is 0 Å². The van der Waals surface area contributed by atoms with Crippen molar-refractivity contribution in [1.29, 1.82) is 0 Å². The second-order valence-electron chi connectivity index (χ2n) is 2.59. The fourth-order valence-corrected chi connectivity index (χ4v) is 1.20. The van der Waals surface area contributed by atoms with E-state index in [4.69, 9.17) is 4.74 Å². The number of hydrogen-bond acceptors (Lipinski definition) is 2. The van der Waals surface area contributed by atoms with Gasteiger partial charge in [0.25, 0.3) is 0 Å². The van der Waals surface area contributed by atoms with Gasteiger partial charge in [-0.1, -0.05) is 0 Å². The third-order valence-electron chi connectivity index (χ3n) is 1.77. The molecule has 0 aromatic heterocycles. The maximum Gasteiger partial charge on any atom is 0.225 e. The number of rotatable bonds is 2. The average Bonchev–Trinajstić information content (AvgIpc) is 1.94. The molecular weight excluding hydrogens is 130 g/mol. The van der Waals surface area contributed by atoms with Crippen LogP contribution in [0.2, 0.25) is 0 Å². The molecule has 0 aromatic rings. The van der Waals surface area contributed by atoms with Gasteiger partial charge in [0, 0.05) is 13.7 Å². The number of carbonyl (C=O) groups is 1. The highest BCUT2D eigenvalue weighted by Gasteiger charge is 2.20. The third kappa shape index (κ3) is 1.70. The van der Waals surface area contributed by atoms with Crippen LogP contribution in [-0.4, -0.2) is 26.2 Å². The highest BCUT2D eigenvalue weighted by Crippen LogP contribution is 2.10. The predicted octanol–water partition coefficient (Wildman–Crippen LogP) is 0.159. The summed E-state index contributed by atoms with van der Waals surface area (Å²) in [4.78, 5) is 11.0. The number of hydrogen-bond donors (Lipinski definition) is 1. The molecule has 1 N–H and O–H groups in total. The molecule has 1 saturated heterocycles. The zero-order valence-corrected chi connectivity index (χ0v) is 6.22. The summed E-state index contributed by atoms with van der Waals surface area (Å²) in [5, 5.41) is 2.80. The smallest absolute Gasteiger partial charge is 0.225 e. The van der Waals surface area contributed by atoms with Crippen LogP contribution in [-0.2, 0) is 9.53 Å². The maximum absolute atomic E-state index is 11.0. The minimum atomic E-state index is 0.0961. The molecule has 0 aliphatic carbocycles. The first kappa shape index (κ1) is 7.54. The van der Waals surface area contributed by atoms with Crippen molar-refractivity contribution in [2.75, 3.05) is 20.3 Å². The van der Waals surface area contributed by atoms with Crippen molar-refractivity contribution in [1.82, 2.24) is 5.32 Å². The first-order valence-electron chi connectivity index (χ1n) is 3.61. The number of amides is 1. The molecule has 1 aliphatic rings. The largest absolute Gasteiger partial charge is 0.384 e. The van der Waals surface area contributed by atoms with E-state index in [9.17, 15) is 4.79 Å². The van der Waals surface area contributed by atoms with Gasteiger partial charge in [0.15, 0.2) is 0 Å². The molecule has 1 atom stereocenters. The molecular formula is C7H13NO2. The van der Waals surface area contributed by atoms with E-state index < -0.39 is 0 Å². The second kappa shape index (κ2) is 3.56. The Morgan fingerprint density at radius 1 is 1.80 bits per heavy atom. The van der Waals surface area contributed by atoms with Gasteiger partial charge in [-0.25, -0.2) is 0 Å². The zero-order valence-electron chi connectivity index (χ0n) is 6.22. The van der Waals surface area contributed by atoms with Crippen LogP contribution >= 0.6 is 0 Å². The van der Waals surface area contributed by atoms with E-state index in [0.717, 1.165) is 19.4 Å². The summed E-state index contributed by atoms with van der Waals surface area (Å²) in [5.41, 5.74) is 0. The van der Waals surface area contributed by atoms with Gasteiger partial charge in [-0.3, -0.25) is 4.79 Å². The second-order valence-corrected chi connectivity index (χ2v) is 2.59. The average molecular weight is 143 g/mol. The summed E-state index contributed by atoms with van der Waals surface area (Å²) in [6.07, 6.45) is 2.05. The lowest BCUT2D eigenvalue weighted by molar-refractivity contribution is -0.128. The fraction of sp³-hybridized carbons (Fsp3) is 0.857. The molecule has 1 fully saturated rings. The van der Waals surface area contributed by atoms with E-state index in [1.807, 2.05) is 0 Å². The summed E-state index contributed by atoms with van der Waals surface area (Å²) in [6, 6.07) is 0. The Labute approximate surface area is 60.7 Å². The van der Waals surface area contributed by atoms with Gasteiger partial charge in [0.2, 0.25) is 5.91 Å². The molecule has 0 bridgehead atoms. The molecule has 1 aliphatic heterocycles. The number of nitrogens with one attached hydrogen (secondary N) is 1. The first-order valence-corrected chi connectivity index (χ1v) is 3.61. The number of carbonyl (C=O) groups excluding carboxylic acids is 1. The van der Waals surface area contributed by atoms with Crippen molar-refractivity contribution in [2.45, 2.75) is 12.8 Å². The Balaban J connectivity index is 2.32. The van der Waals surface area contributed by atoms with Crippen LogP contribution in [0.4, 0.5) is 0 Å². The molecule has 58 valence electrons. The summed E-state index contributed by atoms with van der Waals surface area (Å²) in [5.74, 6) is 0.242. The number of methoxy groups -OCH3 is 1. The fourth-order valence-electron chi connectivity index (χ4n) is 1.20. The van der Waals surface area contributed by atoms with E-state index in [0.29, 0.717) is 6.61 Å². The summed E-state index contributed by atoms with van der Waals surface area (Å²) < 4.78 is 4.89. The Morgan fingerprint density at radius 3 is 3.20 bits per heavy atom. The van der Waals surface area contributed by atoms with Crippen LogP contribution in [0.5, 0.6) is 0 Å². The molecule has 1 rings (SSSR count). The minimum absolute atomic E-state index is 0.0961.